The van der Waals surface area contributed by atoms with E-state index >= 15 is 0 Å². The number of nitrogens with two attached hydrogens (primary N) is 1. The smallest absolute Gasteiger partial charge is 0.0566 e. The van der Waals surface area contributed by atoms with Crippen LogP contribution in [0.25, 0.3) is 0 Å². The Labute approximate surface area is 51.7 Å². The van der Waals surface area contributed by atoms with Crippen molar-refractivity contribution in [2.75, 3.05) is 13.6 Å². The summed E-state index contributed by atoms with van der Waals surface area (Å²) >= 11 is 0. The van der Waals surface area contributed by atoms with E-state index in [9.17, 15) is 0 Å². The maximum absolute atomic E-state index is 5.65. The minimum Gasteiger partial charge on any atom is -0.316 e. The van der Waals surface area contributed by atoms with E-state index in [0.29, 0.717) is 0 Å². The highest BCUT2D eigenvalue weighted by Gasteiger charge is 2.01. The Balaban J connectivity index is 3.29. The van der Waals surface area contributed by atoms with Gasteiger partial charge in [-0.1, -0.05) is 13.8 Å². The van der Waals surface area contributed by atoms with E-state index in [0.717, 1.165) is 13.0 Å². The quantitative estimate of drug-likeness (QED) is 0.548. The molecule has 0 aliphatic heterocycles. The molecule has 2 nitrogen and oxygen atoms in total. The summed E-state index contributed by atoms with van der Waals surface area (Å²) in [5.74, 6) is 0. The Morgan fingerprint density at radius 2 is 2.00 bits per heavy atom. The van der Waals surface area contributed by atoms with Gasteiger partial charge in [-0.25, -0.2) is 0 Å². The third kappa shape index (κ3) is 2.28. The maximum Gasteiger partial charge on any atom is 0.0566 e. The molecule has 0 aromatic rings. The van der Waals surface area contributed by atoms with Gasteiger partial charge in [-0.2, -0.15) is 0 Å². The second kappa shape index (κ2) is 3.87. The van der Waals surface area contributed by atoms with Gasteiger partial charge < -0.3 is 5.73 Å². The fourth-order valence-corrected chi connectivity index (χ4v) is 0.546. The second-order valence-electron chi connectivity index (χ2n) is 2.05. The lowest BCUT2D eigenvalue weighted by atomic mass is 10.3. The second-order valence-corrected chi connectivity index (χ2v) is 2.05. The van der Waals surface area contributed by atoms with Crippen molar-refractivity contribution in [2.24, 2.45) is 5.73 Å². The average Bonchev–Trinajstić information content (AvgIpc) is 1.84. The van der Waals surface area contributed by atoms with Crippen LogP contribution >= 0.6 is 0 Å². The summed E-state index contributed by atoms with van der Waals surface area (Å²) in [6, 6.07) is 0. The first-order valence-electron chi connectivity index (χ1n) is 3.18. The summed E-state index contributed by atoms with van der Waals surface area (Å²) in [7, 11) is 2.04. The lowest BCUT2D eigenvalue weighted by molar-refractivity contribution is 0.253. The van der Waals surface area contributed by atoms with Gasteiger partial charge in [0.25, 0.3) is 0 Å². The van der Waals surface area contributed by atoms with Gasteiger partial charge in [0.15, 0.2) is 0 Å². The molecule has 0 aliphatic carbocycles. The van der Waals surface area contributed by atoms with Crippen molar-refractivity contribution in [2.45, 2.75) is 26.4 Å². The molecule has 1 unspecified atom stereocenters. The maximum atomic E-state index is 5.65. The van der Waals surface area contributed by atoms with Crippen molar-refractivity contribution in [1.82, 2.24) is 4.90 Å². The summed E-state index contributed by atoms with van der Waals surface area (Å²) in [6.07, 6.45) is 1.28. The highest BCUT2D eigenvalue weighted by Crippen LogP contribution is 1.90. The molecule has 0 heterocycles. The fraction of sp³-hybridized carbons (Fsp3) is 1.00. The van der Waals surface area contributed by atoms with Crippen LogP contribution in [0, 0.1) is 0 Å². The predicted molar refractivity (Wildman–Crippen MR) is 36.6 cm³/mol. The van der Waals surface area contributed by atoms with Gasteiger partial charge in [0.2, 0.25) is 0 Å². The first-order chi connectivity index (χ1) is 3.72. The summed E-state index contributed by atoms with van der Waals surface area (Å²) < 4.78 is 0. The molecule has 0 rings (SSSR count). The molecule has 0 amide bonds. The minimum absolute atomic E-state index is 0.250. The van der Waals surface area contributed by atoms with Crippen molar-refractivity contribution in [1.29, 1.82) is 0 Å². The van der Waals surface area contributed by atoms with Gasteiger partial charge in [-0.05, 0) is 20.0 Å². The zero-order valence-electron chi connectivity index (χ0n) is 6.02. The Morgan fingerprint density at radius 1 is 1.50 bits per heavy atom. The van der Waals surface area contributed by atoms with E-state index in [1.54, 1.807) is 0 Å². The number of hydrogen-bond acceptors (Lipinski definition) is 2. The molecule has 0 saturated carbocycles. The van der Waals surface area contributed by atoms with Crippen molar-refractivity contribution < 1.29 is 0 Å². The van der Waals surface area contributed by atoms with Crippen molar-refractivity contribution in [3.05, 3.63) is 0 Å². The Hall–Kier alpha value is -0.0800. The molecule has 1 atom stereocenters. The van der Waals surface area contributed by atoms with E-state index in [1.165, 1.54) is 0 Å². The molecule has 2 N–H and O–H groups in total. The summed E-state index contributed by atoms with van der Waals surface area (Å²) in [6.45, 7) is 5.24. The molecule has 2 heteroatoms. The lowest BCUT2D eigenvalue weighted by Gasteiger charge is -2.20. The SMILES string of the molecule is CCC(N)N(C)CC. The summed E-state index contributed by atoms with van der Waals surface area (Å²) in [4.78, 5) is 2.12. The van der Waals surface area contributed by atoms with Crippen LogP contribution in [0.3, 0.4) is 0 Å². The molecule has 8 heavy (non-hydrogen) atoms. The van der Waals surface area contributed by atoms with Crippen LogP contribution in [0.2, 0.25) is 0 Å². The van der Waals surface area contributed by atoms with Gasteiger partial charge >= 0.3 is 0 Å². The third-order valence-corrected chi connectivity index (χ3v) is 1.48. The third-order valence-electron chi connectivity index (χ3n) is 1.48. The standard InChI is InChI=1S/C6H16N2/c1-4-6(7)8(3)5-2/h6H,4-5,7H2,1-3H3. The largest absolute Gasteiger partial charge is 0.316 e. The van der Waals surface area contributed by atoms with E-state index in [1.807, 2.05) is 7.05 Å². The van der Waals surface area contributed by atoms with Crippen LogP contribution in [0.15, 0.2) is 0 Å². The molecular formula is C6H16N2. The van der Waals surface area contributed by atoms with Crippen molar-refractivity contribution in [3.63, 3.8) is 0 Å². The molecule has 0 aromatic carbocycles. The minimum atomic E-state index is 0.250. The van der Waals surface area contributed by atoms with E-state index < -0.39 is 0 Å². The first kappa shape index (κ1) is 7.92. The van der Waals surface area contributed by atoms with Crippen LogP contribution in [0.5, 0.6) is 0 Å². The van der Waals surface area contributed by atoms with Crippen LogP contribution in [0.1, 0.15) is 20.3 Å². The Bertz CT molecular complexity index is 46.5. The molecule has 0 aliphatic rings. The number of nitrogens with zero attached hydrogens (tertiary/aromatic N) is 1. The topological polar surface area (TPSA) is 29.3 Å². The highest BCUT2D eigenvalue weighted by atomic mass is 15.2. The fourth-order valence-electron chi connectivity index (χ4n) is 0.546. The van der Waals surface area contributed by atoms with E-state index in [-0.39, 0.29) is 6.17 Å². The van der Waals surface area contributed by atoms with Crippen LogP contribution < -0.4 is 5.73 Å². The molecule has 0 spiro atoms. The van der Waals surface area contributed by atoms with Gasteiger partial charge in [-0.15, -0.1) is 0 Å². The summed E-state index contributed by atoms with van der Waals surface area (Å²) in [5, 5.41) is 0. The predicted octanol–water partition coefficient (Wildman–Crippen LogP) is 0.633. The van der Waals surface area contributed by atoms with E-state index in [2.05, 4.69) is 18.7 Å². The molecule has 0 bridgehead atoms. The zero-order valence-corrected chi connectivity index (χ0v) is 6.02. The van der Waals surface area contributed by atoms with Gasteiger partial charge in [0, 0.05) is 0 Å². The van der Waals surface area contributed by atoms with Crippen molar-refractivity contribution in [3.8, 4) is 0 Å². The molecule has 0 radical (unpaired) electrons. The Kier molecular flexibility index (Phi) is 3.83. The molecule has 0 saturated heterocycles. The van der Waals surface area contributed by atoms with Crippen LogP contribution in [-0.4, -0.2) is 24.7 Å². The van der Waals surface area contributed by atoms with Gasteiger partial charge in [0.1, 0.15) is 0 Å². The average molecular weight is 116 g/mol. The first-order valence-corrected chi connectivity index (χ1v) is 3.18. The molecule has 0 aromatic heterocycles. The monoisotopic (exact) mass is 116 g/mol. The van der Waals surface area contributed by atoms with E-state index in [4.69, 9.17) is 5.73 Å². The molecular weight excluding hydrogens is 100 g/mol. The van der Waals surface area contributed by atoms with Crippen molar-refractivity contribution >= 4 is 0 Å². The van der Waals surface area contributed by atoms with Crippen LogP contribution in [0.4, 0.5) is 0 Å². The highest BCUT2D eigenvalue weighted by molar-refractivity contribution is 4.55. The van der Waals surface area contributed by atoms with Gasteiger partial charge in [0.05, 0.1) is 6.17 Å². The zero-order chi connectivity index (χ0) is 6.57. The normalized spacial score (nSPS) is 14.6. The Morgan fingerprint density at radius 3 is 2.12 bits per heavy atom. The number of rotatable bonds is 3. The van der Waals surface area contributed by atoms with Crippen LogP contribution in [-0.2, 0) is 0 Å². The number of hydrogen-bond donors (Lipinski definition) is 1. The molecule has 50 valence electrons. The van der Waals surface area contributed by atoms with Gasteiger partial charge in [-0.3, -0.25) is 4.90 Å². The molecule has 0 fully saturated rings. The lowest BCUT2D eigenvalue weighted by Crippen LogP contribution is -2.38. The summed E-state index contributed by atoms with van der Waals surface area (Å²) in [5.41, 5.74) is 5.65.